The van der Waals surface area contributed by atoms with Crippen molar-refractivity contribution in [3.63, 3.8) is 0 Å². The molecule has 0 spiro atoms. The van der Waals surface area contributed by atoms with Crippen molar-refractivity contribution in [2.24, 2.45) is 0 Å². The van der Waals surface area contributed by atoms with Crippen molar-refractivity contribution in [2.45, 2.75) is 20.3 Å². The predicted octanol–water partition coefficient (Wildman–Crippen LogP) is 2.44. The Morgan fingerprint density at radius 3 is 2.48 bits per heavy atom. The Kier molecular flexibility index (Phi) is 6.85. The Balaban J connectivity index is 2.07. The molecule has 0 aromatic heterocycles. The number of sulfonamides is 1. The number of methoxy groups -OCH3 is 1. The van der Waals surface area contributed by atoms with Crippen LogP contribution in [0.25, 0.3) is 0 Å². The molecule has 0 fully saturated rings. The van der Waals surface area contributed by atoms with Crippen molar-refractivity contribution >= 4 is 21.6 Å². The molecular formula is C20H26N2O4S. The third-order valence-corrected chi connectivity index (χ3v) is 5.43. The molecule has 0 aliphatic heterocycles. The van der Waals surface area contributed by atoms with Crippen LogP contribution in [0.3, 0.4) is 0 Å². The van der Waals surface area contributed by atoms with Gasteiger partial charge in [-0.3, -0.25) is 9.10 Å². The van der Waals surface area contributed by atoms with Gasteiger partial charge in [0.15, 0.2) is 0 Å². The summed E-state index contributed by atoms with van der Waals surface area (Å²) in [4.78, 5) is 12.2. The van der Waals surface area contributed by atoms with Gasteiger partial charge in [0.2, 0.25) is 15.9 Å². The summed E-state index contributed by atoms with van der Waals surface area (Å²) in [5.74, 6) is 0.325. The number of benzene rings is 2. The van der Waals surface area contributed by atoms with Gasteiger partial charge in [0, 0.05) is 6.54 Å². The first-order valence-electron chi connectivity index (χ1n) is 8.66. The molecule has 1 N–H and O–H groups in total. The summed E-state index contributed by atoms with van der Waals surface area (Å²) in [5.41, 5.74) is 3.39. The van der Waals surface area contributed by atoms with Crippen LogP contribution in [0, 0.1) is 13.8 Å². The Morgan fingerprint density at radius 1 is 1.15 bits per heavy atom. The lowest BCUT2D eigenvalue weighted by molar-refractivity contribution is -0.120. The first-order valence-corrected chi connectivity index (χ1v) is 10.5. The van der Waals surface area contributed by atoms with E-state index in [-0.39, 0.29) is 25.4 Å². The molecular weight excluding hydrogens is 364 g/mol. The number of rotatable bonds is 8. The van der Waals surface area contributed by atoms with Crippen molar-refractivity contribution in [2.75, 3.05) is 30.8 Å². The Hall–Kier alpha value is -2.54. The van der Waals surface area contributed by atoms with Crippen molar-refractivity contribution in [3.05, 3.63) is 59.2 Å². The second kappa shape index (κ2) is 8.90. The highest BCUT2D eigenvalue weighted by molar-refractivity contribution is 7.92. The van der Waals surface area contributed by atoms with Crippen molar-refractivity contribution in [1.82, 2.24) is 5.32 Å². The van der Waals surface area contributed by atoms with Gasteiger partial charge in [0.25, 0.3) is 0 Å². The van der Waals surface area contributed by atoms with Crippen LogP contribution < -0.4 is 14.4 Å². The lowest BCUT2D eigenvalue weighted by Gasteiger charge is -2.24. The lowest BCUT2D eigenvalue weighted by Crippen LogP contribution is -2.38. The molecule has 2 aromatic carbocycles. The van der Waals surface area contributed by atoms with Gasteiger partial charge in [0.05, 0.1) is 32.0 Å². The zero-order valence-corrected chi connectivity index (χ0v) is 17.0. The molecule has 0 aliphatic carbocycles. The highest BCUT2D eigenvalue weighted by atomic mass is 32.2. The summed E-state index contributed by atoms with van der Waals surface area (Å²) in [6.07, 6.45) is 1.41. The number of hydrogen-bond acceptors (Lipinski definition) is 4. The smallest absolute Gasteiger partial charge is 0.232 e. The summed E-state index contributed by atoms with van der Waals surface area (Å²) in [6.45, 7) is 4.17. The maximum absolute atomic E-state index is 12.3. The molecule has 0 unspecified atom stereocenters. The van der Waals surface area contributed by atoms with Crippen molar-refractivity contribution in [3.8, 4) is 5.75 Å². The molecule has 0 saturated carbocycles. The van der Waals surface area contributed by atoms with Crippen LogP contribution in [0.1, 0.15) is 16.7 Å². The molecule has 27 heavy (non-hydrogen) atoms. The van der Waals surface area contributed by atoms with Gasteiger partial charge in [-0.1, -0.05) is 30.3 Å². The minimum Gasteiger partial charge on any atom is -0.495 e. The fourth-order valence-corrected chi connectivity index (χ4v) is 3.72. The van der Waals surface area contributed by atoms with Crippen LogP contribution in [-0.4, -0.2) is 40.8 Å². The SMILES string of the molecule is COc1ccc(C)cc1N(CCNC(=O)Cc1ccccc1C)S(C)(=O)=O. The standard InChI is InChI=1S/C20H26N2O4S/c1-15-9-10-19(26-3)18(13-15)22(27(4,24)25)12-11-21-20(23)14-17-8-6-5-7-16(17)2/h5-10,13H,11-12,14H2,1-4H3,(H,21,23). The molecule has 6 nitrogen and oxygen atoms in total. The Morgan fingerprint density at radius 2 is 1.85 bits per heavy atom. The van der Waals surface area contributed by atoms with Crippen molar-refractivity contribution in [1.29, 1.82) is 0 Å². The minimum atomic E-state index is -3.53. The van der Waals surface area contributed by atoms with Crippen LogP contribution >= 0.6 is 0 Å². The van der Waals surface area contributed by atoms with Gasteiger partial charge in [-0.2, -0.15) is 0 Å². The minimum absolute atomic E-state index is 0.123. The predicted molar refractivity (Wildman–Crippen MR) is 108 cm³/mol. The van der Waals surface area contributed by atoms with Crippen LogP contribution in [0.15, 0.2) is 42.5 Å². The quantitative estimate of drug-likeness (QED) is 0.751. The number of nitrogens with zero attached hydrogens (tertiary/aromatic N) is 1. The van der Waals surface area contributed by atoms with Crippen LogP contribution in [0.2, 0.25) is 0 Å². The number of anilines is 1. The monoisotopic (exact) mass is 390 g/mol. The average Bonchev–Trinajstić information content (AvgIpc) is 2.59. The molecule has 0 heterocycles. The molecule has 0 atom stereocenters. The molecule has 0 aliphatic rings. The first-order chi connectivity index (χ1) is 12.7. The largest absolute Gasteiger partial charge is 0.495 e. The van der Waals surface area contributed by atoms with E-state index in [4.69, 9.17) is 4.74 Å². The number of amides is 1. The van der Waals surface area contributed by atoms with E-state index < -0.39 is 10.0 Å². The van der Waals surface area contributed by atoms with Gasteiger partial charge in [-0.05, 0) is 42.7 Å². The van der Waals surface area contributed by atoms with E-state index in [1.54, 1.807) is 12.1 Å². The van der Waals surface area contributed by atoms with E-state index in [1.165, 1.54) is 11.4 Å². The third kappa shape index (κ3) is 5.72. The van der Waals surface area contributed by atoms with Gasteiger partial charge in [-0.25, -0.2) is 8.42 Å². The van der Waals surface area contributed by atoms with E-state index >= 15 is 0 Å². The van der Waals surface area contributed by atoms with Crippen LogP contribution in [0.5, 0.6) is 5.75 Å². The molecule has 146 valence electrons. The second-order valence-electron chi connectivity index (χ2n) is 6.46. The normalized spacial score (nSPS) is 11.1. The van der Waals surface area contributed by atoms with Gasteiger partial charge in [-0.15, -0.1) is 0 Å². The molecule has 0 bridgehead atoms. The molecule has 7 heteroatoms. The molecule has 2 rings (SSSR count). The number of ether oxygens (including phenoxy) is 1. The Labute approximate surface area is 161 Å². The summed E-state index contributed by atoms with van der Waals surface area (Å²) < 4.78 is 31.1. The second-order valence-corrected chi connectivity index (χ2v) is 8.37. The zero-order valence-electron chi connectivity index (χ0n) is 16.2. The maximum Gasteiger partial charge on any atom is 0.232 e. The summed E-state index contributed by atoms with van der Waals surface area (Å²) >= 11 is 0. The van der Waals surface area contributed by atoms with Crippen LogP contribution in [-0.2, 0) is 21.2 Å². The first kappa shape index (κ1) is 20.8. The number of carbonyl (C=O) groups is 1. The summed E-state index contributed by atoms with van der Waals surface area (Å²) in [6, 6.07) is 13.0. The number of carbonyl (C=O) groups excluding carboxylic acids is 1. The number of hydrogen-bond donors (Lipinski definition) is 1. The van der Waals surface area contributed by atoms with Gasteiger partial charge >= 0.3 is 0 Å². The summed E-state index contributed by atoms with van der Waals surface area (Å²) in [7, 11) is -2.03. The van der Waals surface area contributed by atoms with Gasteiger partial charge in [0.1, 0.15) is 5.75 Å². The van der Waals surface area contributed by atoms with Crippen LogP contribution in [0.4, 0.5) is 5.69 Å². The van der Waals surface area contributed by atoms with E-state index in [0.717, 1.165) is 22.9 Å². The Bertz CT molecular complexity index is 910. The van der Waals surface area contributed by atoms with E-state index in [1.807, 2.05) is 44.2 Å². The van der Waals surface area contributed by atoms with E-state index in [0.29, 0.717) is 11.4 Å². The molecule has 0 radical (unpaired) electrons. The van der Waals surface area contributed by atoms with Crippen molar-refractivity contribution < 1.29 is 17.9 Å². The third-order valence-electron chi connectivity index (χ3n) is 4.25. The molecule has 2 aromatic rings. The molecule has 0 saturated heterocycles. The maximum atomic E-state index is 12.3. The molecule has 1 amide bonds. The fraction of sp³-hybridized carbons (Fsp3) is 0.350. The fourth-order valence-electron chi connectivity index (χ4n) is 2.80. The topological polar surface area (TPSA) is 75.7 Å². The highest BCUT2D eigenvalue weighted by Crippen LogP contribution is 2.30. The highest BCUT2D eigenvalue weighted by Gasteiger charge is 2.21. The summed E-state index contributed by atoms with van der Waals surface area (Å²) in [5, 5.41) is 2.80. The number of aryl methyl sites for hydroxylation is 2. The van der Waals surface area contributed by atoms with E-state index in [2.05, 4.69) is 5.32 Å². The lowest BCUT2D eigenvalue weighted by atomic mass is 10.1. The zero-order chi connectivity index (χ0) is 20.0. The van der Waals surface area contributed by atoms with Gasteiger partial charge < -0.3 is 10.1 Å². The van der Waals surface area contributed by atoms with E-state index in [9.17, 15) is 13.2 Å². The average molecular weight is 391 g/mol. The number of nitrogens with one attached hydrogen (secondary N) is 1.